The van der Waals surface area contributed by atoms with E-state index in [1.165, 1.54) is 38.5 Å². The minimum Gasteiger partial charge on any atom is -0.395 e. The Morgan fingerprint density at radius 2 is 1.82 bits per heavy atom. The van der Waals surface area contributed by atoms with E-state index in [0.29, 0.717) is 12.1 Å². The molecule has 17 heavy (non-hydrogen) atoms. The van der Waals surface area contributed by atoms with Crippen LogP contribution in [0, 0.1) is 0 Å². The predicted octanol–water partition coefficient (Wildman–Crippen LogP) is 2.00. The molecule has 1 fully saturated rings. The first-order valence-corrected chi connectivity index (χ1v) is 7.35. The summed E-state index contributed by atoms with van der Waals surface area (Å²) < 4.78 is 0. The highest BCUT2D eigenvalue weighted by Gasteiger charge is 2.36. The van der Waals surface area contributed by atoms with Crippen LogP contribution in [0.25, 0.3) is 0 Å². The summed E-state index contributed by atoms with van der Waals surface area (Å²) in [7, 11) is 0. The average molecular weight is 242 g/mol. The van der Waals surface area contributed by atoms with Crippen LogP contribution in [0.1, 0.15) is 52.4 Å². The topological polar surface area (TPSA) is 35.5 Å². The van der Waals surface area contributed by atoms with Gasteiger partial charge in [0.2, 0.25) is 0 Å². The molecule has 0 bridgehead atoms. The zero-order chi connectivity index (χ0) is 12.6. The minimum absolute atomic E-state index is 0.292. The third-order valence-corrected chi connectivity index (χ3v) is 4.04. The van der Waals surface area contributed by atoms with E-state index >= 15 is 0 Å². The fourth-order valence-corrected chi connectivity index (χ4v) is 2.98. The number of β-amino-alcohol motifs (C(OH)–C–C–N with tert-alkyl or cyclic N) is 1. The minimum atomic E-state index is 0.292. The van der Waals surface area contributed by atoms with Gasteiger partial charge in [-0.2, -0.15) is 0 Å². The van der Waals surface area contributed by atoms with Gasteiger partial charge in [-0.1, -0.05) is 39.5 Å². The molecule has 0 atom stereocenters. The molecule has 0 radical (unpaired) electrons. The highest BCUT2D eigenvalue weighted by atomic mass is 16.3. The van der Waals surface area contributed by atoms with Gasteiger partial charge in [-0.15, -0.1) is 0 Å². The van der Waals surface area contributed by atoms with Gasteiger partial charge < -0.3 is 10.4 Å². The van der Waals surface area contributed by atoms with Gasteiger partial charge in [0.15, 0.2) is 0 Å². The van der Waals surface area contributed by atoms with E-state index in [-0.39, 0.29) is 0 Å². The molecule has 3 nitrogen and oxygen atoms in total. The van der Waals surface area contributed by atoms with E-state index in [1.807, 2.05) is 0 Å². The molecule has 1 saturated heterocycles. The second-order valence-corrected chi connectivity index (χ2v) is 5.32. The number of piperazine rings is 1. The van der Waals surface area contributed by atoms with Crippen molar-refractivity contribution in [3.63, 3.8) is 0 Å². The Bertz CT molecular complexity index is 187. The zero-order valence-corrected chi connectivity index (χ0v) is 11.7. The van der Waals surface area contributed by atoms with Crippen LogP contribution in [0.2, 0.25) is 0 Å². The Morgan fingerprint density at radius 3 is 2.35 bits per heavy atom. The number of unbranched alkanes of at least 4 members (excludes halogenated alkanes) is 2. The number of aliphatic hydroxyl groups excluding tert-OH is 1. The van der Waals surface area contributed by atoms with Crippen LogP contribution in [0.15, 0.2) is 0 Å². The van der Waals surface area contributed by atoms with Crippen molar-refractivity contribution in [2.45, 2.75) is 57.9 Å². The molecule has 0 aromatic carbocycles. The fraction of sp³-hybridized carbons (Fsp3) is 1.00. The number of hydrogen-bond donors (Lipinski definition) is 2. The summed E-state index contributed by atoms with van der Waals surface area (Å²) in [5.74, 6) is 0. The Balaban J connectivity index is 2.66. The van der Waals surface area contributed by atoms with Crippen LogP contribution in [0.3, 0.4) is 0 Å². The maximum atomic E-state index is 9.24. The van der Waals surface area contributed by atoms with Crippen molar-refractivity contribution in [3.05, 3.63) is 0 Å². The van der Waals surface area contributed by atoms with Crippen molar-refractivity contribution in [2.24, 2.45) is 0 Å². The molecule has 2 N–H and O–H groups in total. The first-order chi connectivity index (χ1) is 8.29. The molecule has 0 aromatic rings. The maximum Gasteiger partial charge on any atom is 0.0558 e. The van der Waals surface area contributed by atoms with Gasteiger partial charge in [-0.3, -0.25) is 4.90 Å². The maximum absolute atomic E-state index is 9.24. The zero-order valence-electron chi connectivity index (χ0n) is 11.7. The lowest BCUT2D eigenvalue weighted by Crippen LogP contribution is -2.61. The van der Waals surface area contributed by atoms with E-state index < -0.39 is 0 Å². The second kappa shape index (κ2) is 8.06. The van der Waals surface area contributed by atoms with Gasteiger partial charge in [-0.05, 0) is 12.8 Å². The molecule has 0 spiro atoms. The summed E-state index contributed by atoms with van der Waals surface area (Å²) in [6.45, 7) is 8.93. The lowest BCUT2D eigenvalue weighted by Gasteiger charge is -2.48. The fourth-order valence-electron chi connectivity index (χ4n) is 2.98. The Hall–Kier alpha value is -0.120. The molecule has 0 amide bonds. The van der Waals surface area contributed by atoms with E-state index in [0.717, 1.165) is 26.2 Å². The highest BCUT2D eigenvalue weighted by molar-refractivity contribution is 4.95. The third-order valence-electron chi connectivity index (χ3n) is 4.04. The summed E-state index contributed by atoms with van der Waals surface area (Å²) in [5.41, 5.74) is 0.312. The Morgan fingerprint density at radius 1 is 1.18 bits per heavy atom. The molecule has 0 aromatic heterocycles. The smallest absolute Gasteiger partial charge is 0.0558 e. The van der Waals surface area contributed by atoms with Crippen LogP contribution in [0.4, 0.5) is 0 Å². The van der Waals surface area contributed by atoms with Gasteiger partial charge in [0.05, 0.1) is 6.61 Å². The lowest BCUT2D eigenvalue weighted by molar-refractivity contribution is 0.0268. The molecule has 102 valence electrons. The van der Waals surface area contributed by atoms with Crippen molar-refractivity contribution in [1.29, 1.82) is 0 Å². The summed E-state index contributed by atoms with van der Waals surface area (Å²) in [5, 5.41) is 12.8. The number of nitrogens with zero attached hydrogens (tertiary/aromatic N) is 1. The molecular formula is C14H30N2O. The monoisotopic (exact) mass is 242 g/mol. The standard InChI is InChI=1S/C14H30N2O/c1-3-5-7-14(8-6-4-2)13-15-9-10-16(14)11-12-17/h15,17H,3-13H2,1-2H3. The Labute approximate surface area is 107 Å². The molecular weight excluding hydrogens is 212 g/mol. The molecule has 1 aliphatic rings. The normalized spacial score (nSPS) is 20.6. The van der Waals surface area contributed by atoms with Gasteiger partial charge in [0, 0.05) is 31.7 Å². The molecule has 1 rings (SSSR count). The van der Waals surface area contributed by atoms with Gasteiger partial charge in [0.1, 0.15) is 0 Å². The Kier molecular flexibility index (Phi) is 7.09. The van der Waals surface area contributed by atoms with Crippen molar-refractivity contribution >= 4 is 0 Å². The number of nitrogens with one attached hydrogen (secondary N) is 1. The van der Waals surface area contributed by atoms with Crippen LogP contribution < -0.4 is 5.32 Å². The van der Waals surface area contributed by atoms with Gasteiger partial charge in [0.25, 0.3) is 0 Å². The van der Waals surface area contributed by atoms with Crippen molar-refractivity contribution < 1.29 is 5.11 Å². The van der Waals surface area contributed by atoms with Crippen LogP contribution in [0.5, 0.6) is 0 Å². The largest absolute Gasteiger partial charge is 0.395 e. The van der Waals surface area contributed by atoms with E-state index in [2.05, 4.69) is 24.1 Å². The predicted molar refractivity (Wildman–Crippen MR) is 73.3 cm³/mol. The number of aliphatic hydroxyl groups is 1. The molecule has 0 unspecified atom stereocenters. The summed E-state index contributed by atoms with van der Waals surface area (Å²) >= 11 is 0. The molecule has 0 saturated carbocycles. The second-order valence-electron chi connectivity index (χ2n) is 5.32. The van der Waals surface area contributed by atoms with Gasteiger partial charge >= 0.3 is 0 Å². The van der Waals surface area contributed by atoms with Crippen LogP contribution >= 0.6 is 0 Å². The highest BCUT2D eigenvalue weighted by Crippen LogP contribution is 2.29. The van der Waals surface area contributed by atoms with Crippen molar-refractivity contribution in [1.82, 2.24) is 10.2 Å². The summed E-state index contributed by atoms with van der Waals surface area (Å²) in [6.07, 6.45) is 7.68. The summed E-state index contributed by atoms with van der Waals surface area (Å²) in [6, 6.07) is 0. The van der Waals surface area contributed by atoms with E-state index in [9.17, 15) is 5.11 Å². The van der Waals surface area contributed by atoms with Crippen LogP contribution in [-0.4, -0.2) is 48.3 Å². The van der Waals surface area contributed by atoms with E-state index in [1.54, 1.807) is 0 Å². The average Bonchev–Trinajstić information content (AvgIpc) is 2.36. The first kappa shape index (κ1) is 14.9. The molecule has 0 aliphatic carbocycles. The SMILES string of the molecule is CCCCC1(CCCC)CNCCN1CCO. The molecule has 3 heteroatoms. The number of rotatable bonds is 8. The first-order valence-electron chi connectivity index (χ1n) is 7.35. The van der Waals surface area contributed by atoms with E-state index in [4.69, 9.17) is 0 Å². The molecule has 1 heterocycles. The van der Waals surface area contributed by atoms with Crippen molar-refractivity contribution in [3.8, 4) is 0 Å². The number of hydrogen-bond acceptors (Lipinski definition) is 3. The molecule has 1 aliphatic heterocycles. The van der Waals surface area contributed by atoms with Crippen LogP contribution in [-0.2, 0) is 0 Å². The lowest BCUT2D eigenvalue weighted by atomic mass is 9.83. The summed E-state index contributed by atoms with van der Waals surface area (Å²) in [4.78, 5) is 2.54. The third kappa shape index (κ3) is 4.23. The van der Waals surface area contributed by atoms with Gasteiger partial charge in [-0.25, -0.2) is 0 Å². The quantitative estimate of drug-likeness (QED) is 0.683. The van der Waals surface area contributed by atoms with Crippen molar-refractivity contribution in [2.75, 3.05) is 32.8 Å².